The summed E-state index contributed by atoms with van der Waals surface area (Å²) < 4.78 is 0. The fraction of sp³-hybridized carbons (Fsp3) is 0.357. The largest absolute Gasteiger partial charge is 0.397 e. The molecule has 3 rings (SSSR count). The van der Waals surface area contributed by atoms with Crippen LogP contribution in [0.5, 0.6) is 0 Å². The second-order valence-electron chi connectivity index (χ2n) is 5.02. The molecule has 0 radical (unpaired) electrons. The Kier molecular flexibility index (Phi) is 3.74. The van der Waals surface area contributed by atoms with E-state index in [1.54, 1.807) is 12.3 Å². The van der Waals surface area contributed by atoms with E-state index in [1.807, 2.05) is 6.07 Å². The number of carbonyl (C=O) groups is 2. The third-order valence-electron chi connectivity index (χ3n) is 3.37. The SMILES string of the molecule is Nc1c(C(=O)NCCNC(=O)C2CC2)sc2ncccc12. The highest BCUT2D eigenvalue weighted by Gasteiger charge is 2.29. The molecule has 0 saturated heterocycles. The number of hydrogen-bond donors (Lipinski definition) is 3. The van der Waals surface area contributed by atoms with Gasteiger partial charge in [0.25, 0.3) is 5.91 Å². The Bertz CT molecular complexity index is 693. The van der Waals surface area contributed by atoms with Crippen molar-refractivity contribution in [2.75, 3.05) is 18.8 Å². The number of thiophene rings is 1. The first-order valence-corrected chi connectivity index (χ1v) is 7.67. The minimum Gasteiger partial charge on any atom is -0.397 e. The highest BCUT2D eigenvalue weighted by Crippen LogP contribution is 2.31. The second kappa shape index (κ2) is 5.69. The Morgan fingerprint density at radius 3 is 2.81 bits per heavy atom. The quantitative estimate of drug-likeness (QED) is 0.721. The summed E-state index contributed by atoms with van der Waals surface area (Å²) in [7, 11) is 0. The summed E-state index contributed by atoms with van der Waals surface area (Å²) in [6.45, 7) is 0.822. The van der Waals surface area contributed by atoms with E-state index in [-0.39, 0.29) is 17.7 Å². The topological polar surface area (TPSA) is 97.1 Å². The Hall–Kier alpha value is -2.15. The predicted molar refractivity (Wildman–Crippen MR) is 82.1 cm³/mol. The lowest BCUT2D eigenvalue weighted by Crippen LogP contribution is -2.35. The normalized spacial score (nSPS) is 14.1. The number of carbonyl (C=O) groups excluding carboxylic acids is 2. The summed E-state index contributed by atoms with van der Waals surface area (Å²) >= 11 is 1.28. The standard InChI is InChI=1S/C14H16N4O2S/c15-10-9-2-1-5-18-14(9)21-11(10)13(20)17-7-6-16-12(19)8-3-4-8/h1-2,5,8H,3-4,6-7,15H2,(H,16,19)(H,17,20). The molecule has 6 nitrogen and oxygen atoms in total. The van der Waals surface area contributed by atoms with Gasteiger partial charge < -0.3 is 16.4 Å². The van der Waals surface area contributed by atoms with Gasteiger partial charge in [-0.2, -0.15) is 0 Å². The van der Waals surface area contributed by atoms with Gasteiger partial charge in [-0.25, -0.2) is 4.98 Å². The van der Waals surface area contributed by atoms with Crippen LogP contribution in [-0.4, -0.2) is 29.9 Å². The van der Waals surface area contributed by atoms with Gasteiger partial charge in [-0.15, -0.1) is 11.3 Å². The van der Waals surface area contributed by atoms with Gasteiger partial charge in [-0.05, 0) is 25.0 Å². The molecule has 1 fully saturated rings. The van der Waals surface area contributed by atoms with E-state index < -0.39 is 0 Å². The molecule has 4 N–H and O–H groups in total. The van der Waals surface area contributed by atoms with E-state index in [0.29, 0.717) is 23.7 Å². The van der Waals surface area contributed by atoms with Crippen LogP contribution in [0.15, 0.2) is 18.3 Å². The molecule has 0 aromatic carbocycles. The number of nitrogens with two attached hydrogens (primary N) is 1. The van der Waals surface area contributed by atoms with Crippen LogP contribution in [0.2, 0.25) is 0 Å². The molecule has 7 heteroatoms. The molecule has 110 valence electrons. The highest BCUT2D eigenvalue weighted by molar-refractivity contribution is 7.21. The van der Waals surface area contributed by atoms with Crippen molar-refractivity contribution >= 4 is 39.1 Å². The molecule has 1 aliphatic rings. The third-order valence-corrected chi connectivity index (χ3v) is 4.50. The maximum atomic E-state index is 12.1. The van der Waals surface area contributed by atoms with Gasteiger partial charge in [0, 0.05) is 30.6 Å². The summed E-state index contributed by atoms with van der Waals surface area (Å²) in [5.74, 6) is 0.0380. The van der Waals surface area contributed by atoms with Crippen molar-refractivity contribution in [3.05, 3.63) is 23.2 Å². The van der Waals surface area contributed by atoms with E-state index in [0.717, 1.165) is 23.1 Å². The zero-order valence-electron chi connectivity index (χ0n) is 11.4. The average Bonchev–Trinajstić information content (AvgIpc) is 3.28. The maximum Gasteiger partial charge on any atom is 0.263 e. The number of nitrogens with zero attached hydrogens (tertiary/aromatic N) is 1. The average molecular weight is 304 g/mol. The minimum absolute atomic E-state index is 0.0785. The number of nitrogens with one attached hydrogen (secondary N) is 2. The van der Waals surface area contributed by atoms with Crippen molar-refractivity contribution in [1.29, 1.82) is 0 Å². The molecular weight excluding hydrogens is 288 g/mol. The van der Waals surface area contributed by atoms with E-state index >= 15 is 0 Å². The zero-order valence-corrected chi connectivity index (χ0v) is 12.2. The van der Waals surface area contributed by atoms with Crippen LogP contribution in [0.4, 0.5) is 5.69 Å². The molecular formula is C14H16N4O2S. The summed E-state index contributed by atoms with van der Waals surface area (Å²) in [4.78, 5) is 29.0. The molecule has 1 aliphatic carbocycles. The first kappa shape index (κ1) is 13.8. The Morgan fingerprint density at radius 1 is 1.33 bits per heavy atom. The fourth-order valence-electron chi connectivity index (χ4n) is 2.05. The van der Waals surface area contributed by atoms with Crippen LogP contribution in [0, 0.1) is 5.92 Å². The van der Waals surface area contributed by atoms with Crippen molar-refractivity contribution in [2.24, 2.45) is 5.92 Å². The summed E-state index contributed by atoms with van der Waals surface area (Å²) in [6, 6.07) is 3.64. The van der Waals surface area contributed by atoms with Gasteiger partial charge in [-0.1, -0.05) is 0 Å². The third kappa shape index (κ3) is 2.97. The number of aromatic nitrogens is 1. The van der Waals surface area contributed by atoms with Crippen LogP contribution in [0.1, 0.15) is 22.5 Å². The number of pyridine rings is 1. The Balaban J connectivity index is 1.56. The van der Waals surface area contributed by atoms with Gasteiger partial charge >= 0.3 is 0 Å². The van der Waals surface area contributed by atoms with Crippen LogP contribution < -0.4 is 16.4 Å². The first-order chi connectivity index (χ1) is 10.2. The Labute approximate surface area is 125 Å². The van der Waals surface area contributed by atoms with Crippen molar-refractivity contribution in [3.8, 4) is 0 Å². The lowest BCUT2D eigenvalue weighted by Gasteiger charge is -2.06. The molecule has 2 amide bonds. The van der Waals surface area contributed by atoms with Crippen molar-refractivity contribution < 1.29 is 9.59 Å². The van der Waals surface area contributed by atoms with Gasteiger partial charge in [0.05, 0.1) is 5.69 Å². The first-order valence-electron chi connectivity index (χ1n) is 6.85. The van der Waals surface area contributed by atoms with Crippen LogP contribution in [0.25, 0.3) is 10.2 Å². The van der Waals surface area contributed by atoms with E-state index in [4.69, 9.17) is 5.73 Å². The lowest BCUT2D eigenvalue weighted by atomic mass is 10.2. The van der Waals surface area contributed by atoms with Gasteiger partial charge in [-0.3, -0.25) is 9.59 Å². The fourth-order valence-corrected chi connectivity index (χ4v) is 3.03. The molecule has 2 aromatic heterocycles. The monoisotopic (exact) mass is 304 g/mol. The molecule has 0 atom stereocenters. The van der Waals surface area contributed by atoms with Crippen LogP contribution in [0.3, 0.4) is 0 Å². The summed E-state index contributed by atoms with van der Waals surface area (Å²) in [6.07, 6.45) is 3.63. The minimum atomic E-state index is -0.226. The number of anilines is 1. The number of fused-ring (bicyclic) bond motifs is 1. The summed E-state index contributed by atoms with van der Waals surface area (Å²) in [5.41, 5.74) is 6.44. The van der Waals surface area contributed by atoms with E-state index in [2.05, 4.69) is 15.6 Å². The number of nitrogen functional groups attached to an aromatic ring is 1. The zero-order chi connectivity index (χ0) is 14.8. The molecule has 0 aliphatic heterocycles. The molecule has 0 spiro atoms. The van der Waals surface area contributed by atoms with Gasteiger partial charge in [0.15, 0.2) is 0 Å². The number of hydrogen-bond acceptors (Lipinski definition) is 5. The molecule has 0 bridgehead atoms. The molecule has 2 heterocycles. The van der Waals surface area contributed by atoms with E-state index in [9.17, 15) is 9.59 Å². The smallest absolute Gasteiger partial charge is 0.263 e. The summed E-state index contributed by atoms with van der Waals surface area (Å²) in [5, 5.41) is 6.36. The van der Waals surface area contributed by atoms with Crippen molar-refractivity contribution in [2.45, 2.75) is 12.8 Å². The predicted octanol–water partition coefficient (Wildman–Crippen LogP) is 1.13. The number of rotatable bonds is 5. The van der Waals surface area contributed by atoms with Crippen molar-refractivity contribution in [1.82, 2.24) is 15.6 Å². The molecule has 0 unspecified atom stereocenters. The maximum absolute atomic E-state index is 12.1. The Morgan fingerprint density at radius 2 is 2.10 bits per heavy atom. The van der Waals surface area contributed by atoms with E-state index in [1.165, 1.54) is 11.3 Å². The molecule has 21 heavy (non-hydrogen) atoms. The van der Waals surface area contributed by atoms with Crippen LogP contribution >= 0.6 is 11.3 Å². The van der Waals surface area contributed by atoms with Crippen LogP contribution in [-0.2, 0) is 4.79 Å². The van der Waals surface area contributed by atoms with Gasteiger partial charge in [0.2, 0.25) is 5.91 Å². The second-order valence-corrected chi connectivity index (χ2v) is 6.02. The highest BCUT2D eigenvalue weighted by atomic mass is 32.1. The molecule has 2 aromatic rings. The van der Waals surface area contributed by atoms with Crippen molar-refractivity contribution in [3.63, 3.8) is 0 Å². The van der Waals surface area contributed by atoms with Gasteiger partial charge in [0.1, 0.15) is 9.71 Å². The number of amides is 2. The lowest BCUT2D eigenvalue weighted by molar-refractivity contribution is -0.122. The molecule has 1 saturated carbocycles.